The first-order valence-electron chi connectivity index (χ1n) is 11.9. The molecule has 0 bridgehead atoms. The predicted molar refractivity (Wildman–Crippen MR) is 132 cm³/mol. The first-order chi connectivity index (χ1) is 17.4. The SMILES string of the molecule is O=C(Nc1cc(NCc2cn3cc(C4CC4)ccc3n2)ncn1)C1CC1c1cc(Cl)ccc1C(F)F. The molecule has 2 N–H and O–H groups in total. The van der Waals surface area contributed by atoms with Crippen LogP contribution in [0.5, 0.6) is 0 Å². The van der Waals surface area contributed by atoms with Crippen LogP contribution >= 0.6 is 11.6 Å². The number of benzene rings is 1. The molecule has 4 aromatic rings. The number of carbonyl (C=O) groups is 1. The number of nitrogens with zero attached hydrogens (tertiary/aromatic N) is 4. The average Bonchev–Trinajstić information content (AvgIpc) is 3.78. The van der Waals surface area contributed by atoms with Crippen LogP contribution in [0.1, 0.15) is 59.9 Å². The number of amides is 1. The van der Waals surface area contributed by atoms with Gasteiger partial charge in [0, 0.05) is 35.0 Å². The third-order valence-electron chi connectivity index (χ3n) is 6.75. The number of rotatable bonds is 8. The van der Waals surface area contributed by atoms with Gasteiger partial charge in [-0.3, -0.25) is 4.79 Å². The van der Waals surface area contributed by atoms with E-state index < -0.39 is 12.3 Å². The number of carbonyl (C=O) groups excluding carboxylic acids is 1. The minimum atomic E-state index is -2.62. The van der Waals surface area contributed by atoms with E-state index in [0.717, 1.165) is 11.3 Å². The lowest BCUT2D eigenvalue weighted by Gasteiger charge is -2.10. The Kier molecular flexibility index (Phi) is 5.79. The van der Waals surface area contributed by atoms with Crippen molar-refractivity contribution in [3.05, 3.63) is 82.5 Å². The molecule has 2 unspecified atom stereocenters. The van der Waals surface area contributed by atoms with Crippen LogP contribution in [-0.2, 0) is 11.3 Å². The molecule has 184 valence electrons. The fourth-order valence-corrected chi connectivity index (χ4v) is 4.80. The molecular weight excluding hydrogens is 486 g/mol. The highest BCUT2D eigenvalue weighted by molar-refractivity contribution is 6.30. The van der Waals surface area contributed by atoms with Gasteiger partial charge in [-0.05, 0) is 60.4 Å². The highest BCUT2D eigenvalue weighted by atomic mass is 35.5. The van der Waals surface area contributed by atoms with Crippen LogP contribution in [0.4, 0.5) is 20.4 Å². The van der Waals surface area contributed by atoms with Gasteiger partial charge in [0.15, 0.2) is 0 Å². The van der Waals surface area contributed by atoms with Gasteiger partial charge in [-0.2, -0.15) is 0 Å². The first-order valence-corrected chi connectivity index (χ1v) is 12.2. The zero-order valence-corrected chi connectivity index (χ0v) is 19.9. The summed E-state index contributed by atoms with van der Waals surface area (Å²) in [5, 5.41) is 6.37. The lowest BCUT2D eigenvalue weighted by atomic mass is 10.0. The van der Waals surface area contributed by atoms with E-state index in [1.54, 1.807) is 6.07 Å². The summed E-state index contributed by atoms with van der Waals surface area (Å²) in [7, 11) is 0. The van der Waals surface area contributed by atoms with Gasteiger partial charge >= 0.3 is 0 Å². The maximum absolute atomic E-state index is 13.4. The summed E-state index contributed by atoms with van der Waals surface area (Å²) in [6, 6.07) is 10.1. The van der Waals surface area contributed by atoms with E-state index >= 15 is 0 Å². The van der Waals surface area contributed by atoms with Crippen molar-refractivity contribution in [1.82, 2.24) is 19.4 Å². The number of imidazole rings is 1. The van der Waals surface area contributed by atoms with Crippen LogP contribution in [0.3, 0.4) is 0 Å². The van der Waals surface area contributed by atoms with Gasteiger partial charge in [0.1, 0.15) is 23.6 Å². The van der Waals surface area contributed by atoms with Crippen molar-refractivity contribution in [1.29, 1.82) is 0 Å². The van der Waals surface area contributed by atoms with Crippen molar-refractivity contribution in [2.45, 2.75) is 44.1 Å². The lowest BCUT2D eigenvalue weighted by Crippen LogP contribution is -2.16. The van der Waals surface area contributed by atoms with Crippen molar-refractivity contribution in [2.75, 3.05) is 10.6 Å². The van der Waals surface area contributed by atoms with E-state index in [1.165, 1.54) is 42.9 Å². The number of hydrogen-bond donors (Lipinski definition) is 2. The normalized spacial score (nSPS) is 19.0. The van der Waals surface area contributed by atoms with E-state index in [0.29, 0.717) is 41.1 Å². The zero-order chi connectivity index (χ0) is 24.8. The molecule has 10 heteroatoms. The molecule has 2 fully saturated rings. The molecule has 2 saturated carbocycles. The third kappa shape index (κ3) is 4.75. The van der Waals surface area contributed by atoms with Gasteiger partial charge in [0.05, 0.1) is 12.2 Å². The van der Waals surface area contributed by atoms with Gasteiger partial charge in [-0.25, -0.2) is 23.7 Å². The van der Waals surface area contributed by atoms with Crippen molar-refractivity contribution >= 4 is 34.8 Å². The highest BCUT2D eigenvalue weighted by Crippen LogP contribution is 2.51. The van der Waals surface area contributed by atoms with Gasteiger partial charge < -0.3 is 15.0 Å². The van der Waals surface area contributed by atoms with Gasteiger partial charge in [-0.15, -0.1) is 0 Å². The van der Waals surface area contributed by atoms with E-state index in [1.807, 2.05) is 16.7 Å². The molecule has 36 heavy (non-hydrogen) atoms. The highest BCUT2D eigenvalue weighted by Gasteiger charge is 2.45. The Hall–Kier alpha value is -3.59. The molecule has 0 radical (unpaired) electrons. The third-order valence-corrected chi connectivity index (χ3v) is 6.99. The average molecular weight is 509 g/mol. The van der Waals surface area contributed by atoms with Crippen molar-refractivity contribution in [3.8, 4) is 0 Å². The van der Waals surface area contributed by atoms with Crippen LogP contribution in [-0.4, -0.2) is 25.3 Å². The minimum Gasteiger partial charge on any atom is -0.364 e. The Labute approximate surface area is 210 Å². The summed E-state index contributed by atoms with van der Waals surface area (Å²) in [5.74, 6) is 0.589. The molecule has 3 heterocycles. The number of aromatic nitrogens is 4. The number of hydrogen-bond acceptors (Lipinski definition) is 5. The topological polar surface area (TPSA) is 84.2 Å². The van der Waals surface area contributed by atoms with Crippen molar-refractivity contribution in [2.24, 2.45) is 5.92 Å². The summed E-state index contributed by atoms with van der Waals surface area (Å²) in [6.45, 7) is 0.459. The van der Waals surface area contributed by atoms with Crippen LogP contribution in [0, 0.1) is 5.92 Å². The second-order valence-corrected chi connectivity index (χ2v) is 9.82. The van der Waals surface area contributed by atoms with Gasteiger partial charge in [0.2, 0.25) is 5.91 Å². The molecule has 2 aliphatic rings. The van der Waals surface area contributed by atoms with Crippen LogP contribution < -0.4 is 10.6 Å². The molecule has 6 rings (SSSR count). The number of halogens is 3. The quantitative estimate of drug-likeness (QED) is 0.307. The summed E-state index contributed by atoms with van der Waals surface area (Å²) >= 11 is 6.01. The first kappa shape index (κ1) is 22.8. The Bertz CT molecular complexity index is 1450. The number of anilines is 2. The zero-order valence-electron chi connectivity index (χ0n) is 19.2. The van der Waals surface area contributed by atoms with Crippen LogP contribution in [0.15, 0.2) is 55.1 Å². The fraction of sp³-hybridized carbons (Fsp3) is 0.308. The maximum Gasteiger partial charge on any atom is 0.264 e. The summed E-state index contributed by atoms with van der Waals surface area (Å²) in [6.07, 6.45) is 5.86. The summed E-state index contributed by atoms with van der Waals surface area (Å²) < 4.78 is 28.8. The smallest absolute Gasteiger partial charge is 0.264 e. The Morgan fingerprint density at radius 1 is 1.11 bits per heavy atom. The minimum absolute atomic E-state index is 0.0797. The summed E-state index contributed by atoms with van der Waals surface area (Å²) in [4.78, 5) is 25.8. The van der Waals surface area contributed by atoms with Gasteiger partial charge in [0.25, 0.3) is 6.43 Å². The van der Waals surface area contributed by atoms with E-state index in [9.17, 15) is 13.6 Å². The van der Waals surface area contributed by atoms with E-state index in [-0.39, 0.29) is 17.4 Å². The molecule has 0 spiro atoms. The van der Waals surface area contributed by atoms with Gasteiger partial charge in [-0.1, -0.05) is 23.7 Å². The molecule has 0 aliphatic heterocycles. The molecule has 1 amide bonds. The number of alkyl halides is 2. The second-order valence-electron chi connectivity index (χ2n) is 9.39. The molecule has 7 nitrogen and oxygen atoms in total. The van der Waals surface area contributed by atoms with Crippen molar-refractivity contribution < 1.29 is 13.6 Å². The number of nitrogens with one attached hydrogen (secondary N) is 2. The number of pyridine rings is 1. The Morgan fingerprint density at radius 3 is 2.75 bits per heavy atom. The van der Waals surface area contributed by atoms with E-state index in [2.05, 4.69) is 37.8 Å². The molecule has 1 aromatic carbocycles. The molecule has 3 aromatic heterocycles. The lowest BCUT2D eigenvalue weighted by molar-refractivity contribution is -0.117. The Balaban J connectivity index is 1.09. The molecule has 2 aliphatic carbocycles. The predicted octanol–water partition coefficient (Wildman–Crippen LogP) is 5.95. The fourth-order valence-electron chi connectivity index (χ4n) is 4.62. The molecule has 0 saturated heterocycles. The molecular formula is C26H23ClF2N6O. The molecule has 2 atom stereocenters. The van der Waals surface area contributed by atoms with Crippen LogP contribution in [0.25, 0.3) is 5.65 Å². The Morgan fingerprint density at radius 2 is 1.94 bits per heavy atom. The monoisotopic (exact) mass is 508 g/mol. The maximum atomic E-state index is 13.4. The van der Waals surface area contributed by atoms with Crippen LogP contribution in [0.2, 0.25) is 5.02 Å². The largest absolute Gasteiger partial charge is 0.364 e. The van der Waals surface area contributed by atoms with E-state index in [4.69, 9.17) is 11.6 Å². The number of fused-ring (bicyclic) bond motifs is 1. The second kappa shape index (κ2) is 9.13. The summed E-state index contributed by atoms with van der Waals surface area (Å²) in [5.41, 5.74) is 3.45. The van der Waals surface area contributed by atoms with Crippen molar-refractivity contribution in [3.63, 3.8) is 0 Å². The standard InChI is InChI=1S/C26H23ClF2N6O/c27-16-4-5-18(25(28)29)19(7-16)20-8-21(20)26(36)34-23-9-22(31-13-32-23)30-10-17-12-35-11-15(14-1-2-14)3-6-24(35)33-17/h3-7,9,11-14,20-21,25H,1-2,8,10H2,(H2,30,31,32,34,36).